The number of ether oxygens (including phenoxy) is 1. The van der Waals surface area contributed by atoms with Gasteiger partial charge in [-0.05, 0) is 55.7 Å². The second kappa shape index (κ2) is 9.53. The average molecular weight is 528 g/mol. The number of benzene rings is 2. The molecule has 0 amide bonds. The molecule has 4 rings (SSSR count). The lowest BCUT2D eigenvalue weighted by atomic mass is 9.93. The Labute approximate surface area is 205 Å². The lowest BCUT2D eigenvalue weighted by molar-refractivity contribution is -0.137. The summed E-state index contributed by atoms with van der Waals surface area (Å²) in [7, 11) is -2.51. The van der Waals surface area contributed by atoms with Crippen LogP contribution in [0.4, 0.5) is 4.39 Å². The molecule has 1 N–H and O–H groups in total. The zero-order valence-electron chi connectivity index (χ0n) is 17.9. The van der Waals surface area contributed by atoms with E-state index in [1.807, 2.05) is 0 Å². The van der Waals surface area contributed by atoms with Gasteiger partial charge < -0.3 is 9.84 Å². The molecule has 3 aromatic rings. The number of hydrogen-bond donors (Lipinski definition) is 1. The summed E-state index contributed by atoms with van der Waals surface area (Å²) in [5.74, 6) is -1.73. The molecule has 0 radical (unpaired) electrons. The lowest BCUT2D eigenvalue weighted by Gasteiger charge is -2.31. The van der Waals surface area contributed by atoms with Crippen LogP contribution in [0.3, 0.4) is 0 Å². The number of carboxylic acid groups (broad SMARTS) is 1. The zero-order valence-corrected chi connectivity index (χ0v) is 20.2. The minimum Gasteiger partial charge on any atom is -0.480 e. The third kappa shape index (κ3) is 4.76. The van der Waals surface area contributed by atoms with E-state index >= 15 is 0 Å². The molecule has 0 bridgehead atoms. The van der Waals surface area contributed by atoms with Gasteiger partial charge in [0, 0.05) is 23.3 Å². The van der Waals surface area contributed by atoms with Crippen molar-refractivity contribution < 1.29 is 27.4 Å². The summed E-state index contributed by atoms with van der Waals surface area (Å²) in [6.07, 6.45) is 3.39. The molecule has 0 aliphatic heterocycles. The molecular weight excluding hydrogens is 508 g/mol. The predicted octanol–water partition coefficient (Wildman–Crippen LogP) is 4.90. The van der Waals surface area contributed by atoms with E-state index in [9.17, 15) is 17.6 Å². The van der Waals surface area contributed by atoms with E-state index in [2.05, 4.69) is 5.10 Å². The van der Waals surface area contributed by atoms with Crippen molar-refractivity contribution in [3.63, 3.8) is 0 Å². The zero-order chi connectivity index (χ0) is 24.6. The Kier molecular flexibility index (Phi) is 6.86. The van der Waals surface area contributed by atoms with Crippen LogP contribution in [0.25, 0.3) is 0 Å². The molecule has 0 saturated heterocycles. The molecule has 180 valence electrons. The van der Waals surface area contributed by atoms with Crippen LogP contribution >= 0.6 is 23.2 Å². The van der Waals surface area contributed by atoms with Gasteiger partial charge in [-0.15, -0.1) is 0 Å². The monoisotopic (exact) mass is 527 g/mol. The first-order valence-electron chi connectivity index (χ1n) is 10.2. The number of carboxylic acids is 1. The summed E-state index contributed by atoms with van der Waals surface area (Å²) < 4.78 is 48.9. The lowest BCUT2D eigenvalue weighted by Crippen LogP contribution is -2.33. The molecule has 1 aliphatic carbocycles. The molecule has 1 aromatic heterocycles. The van der Waals surface area contributed by atoms with E-state index in [-0.39, 0.29) is 33.0 Å². The number of aliphatic carboxylic acids is 1. The molecule has 34 heavy (non-hydrogen) atoms. The molecule has 0 unspecified atom stereocenters. The fourth-order valence-electron chi connectivity index (χ4n) is 3.97. The third-order valence-corrected chi connectivity index (χ3v) is 8.04. The van der Waals surface area contributed by atoms with Crippen molar-refractivity contribution in [2.24, 2.45) is 0 Å². The van der Waals surface area contributed by atoms with Gasteiger partial charge in [0.05, 0.1) is 22.2 Å². The molecule has 0 spiro atoms. The van der Waals surface area contributed by atoms with Crippen molar-refractivity contribution in [2.75, 3.05) is 7.05 Å². The quantitative estimate of drug-likeness (QED) is 0.468. The van der Waals surface area contributed by atoms with E-state index < -0.39 is 27.9 Å². The largest absolute Gasteiger partial charge is 0.480 e. The molecule has 1 aliphatic rings. The van der Waals surface area contributed by atoms with Crippen molar-refractivity contribution >= 4 is 39.2 Å². The Morgan fingerprint density at radius 1 is 1.26 bits per heavy atom. The molecular formula is C22H20Cl2FN3O5S. The Balaban J connectivity index is 1.59. The maximum atomic E-state index is 14.0. The summed E-state index contributed by atoms with van der Waals surface area (Å²) in [4.78, 5) is 11.0. The normalized spacial score (nSPS) is 15.9. The first-order valence-corrected chi connectivity index (χ1v) is 12.4. The van der Waals surface area contributed by atoms with Gasteiger partial charge in [-0.3, -0.25) is 9.48 Å². The third-order valence-electron chi connectivity index (χ3n) is 5.65. The highest BCUT2D eigenvalue weighted by molar-refractivity contribution is 7.89. The van der Waals surface area contributed by atoms with Crippen LogP contribution in [-0.4, -0.2) is 40.6 Å². The van der Waals surface area contributed by atoms with Crippen LogP contribution in [0.5, 0.6) is 11.5 Å². The van der Waals surface area contributed by atoms with Gasteiger partial charge in [-0.1, -0.05) is 23.2 Å². The standard InChI is InChI=1S/C22H20Cl2FN3O5S/c1-27(18-3-2-4-19-15(18)11-26-28(19)12-22(29)30)34(31,32)14-6-8-20(16(24)10-14)33-21-7-5-13(23)9-17(21)25/h5-11,18H,2-4,12H2,1H3,(H,29,30)/t18-/m1/s1. The summed E-state index contributed by atoms with van der Waals surface area (Å²) in [6, 6.07) is 7.32. The van der Waals surface area contributed by atoms with Crippen LogP contribution < -0.4 is 4.74 Å². The van der Waals surface area contributed by atoms with Crippen molar-refractivity contribution in [3.8, 4) is 11.5 Å². The van der Waals surface area contributed by atoms with Crippen molar-refractivity contribution in [3.05, 3.63) is 69.7 Å². The SMILES string of the molecule is CN([C@@H]1CCCc2c1cnn2CC(=O)O)S(=O)(=O)c1ccc(Oc2ccc(Cl)cc2F)c(Cl)c1. The van der Waals surface area contributed by atoms with E-state index in [1.165, 1.54) is 52.6 Å². The molecule has 8 nitrogen and oxygen atoms in total. The van der Waals surface area contributed by atoms with Gasteiger partial charge in [0.2, 0.25) is 10.0 Å². The first kappa shape index (κ1) is 24.5. The molecule has 2 aromatic carbocycles. The van der Waals surface area contributed by atoms with E-state index in [0.717, 1.165) is 6.07 Å². The fraction of sp³-hybridized carbons (Fsp3) is 0.273. The van der Waals surface area contributed by atoms with Gasteiger partial charge in [0.15, 0.2) is 11.6 Å². The molecule has 1 atom stereocenters. The van der Waals surface area contributed by atoms with E-state index in [1.54, 1.807) is 0 Å². The molecule has 0 fully saturated rings. The maximum absolute atomic E-state index is 14.0. The first-order chi connectivity index (χ1) is 16.1. The highest BCUT2D eigenvalue weighted by Gasteiger charge is 2.34. The second-order valence-electron chi connectivity index (χ2n) is 7.80. The van der Waals surface area contributed by atoms with Crippen LogP contribution in [0.15, 0.2) is 47.5 Å². The fourth-order valence-corrected chi connectivity index (χ4v) is 5.81. The second-order valence-corrected chi connectivity index (χ2v) is 10.6. The molecule has 12 heteroatoms. The number of carbonyl (C=O) groups is 1. The number of halogens is 3. The van der Waals surface area contributed by atoms with E-state index in [4.69, 9.17) is 33.0 Å². The average Bonchev–Trinajstić information content (AvgIpc) is 3.18. The molecule has 0 saturated carbocycles. The van der Waals surface area contributed by atoms with E-state index in [0.29, 0.717) is 30.5 Å². The Bertz CT molecular complexity index is 1360. The van der Waals surface area contributed by atoms with Crippen LogP contribution in [0.2, 0.25) is 10.0 Å². The smallest absolute Gasteiger partial charge is 0.325 e. The van der Waals surface area contributed by atoms with Crippen molar-refractivity contribution in [1.82, 2.24) is 14.1 Å². The number of hydrogen-bond acceptors (Lipinski definition) is 5. The Morgan fingerprint density at radius 3 is 2.68 bits per heavy atom. The van der Waals surface area contributed by atoms with Crippen LogP contribution in [0.1, 0.15) is 30.1 Å². The summed E-state index contributed by atoms with van der Waals surface area (Å²) >= 11 is 12.0. The van der Waals surface area contributed by atoms with Gasteiger partial charge in [0.1, 0.15) is 12.3 Å². The number of aromatic nitrogens is 2. The maximum Gasteiger partial charge on any atom is 0.325 e. The highest BCUT2D eigenvalue weighted by atomic mass is 35.5. The van der Waals surface area contributed by atoms with Crippen LogP contribution in [0, 0.1) is 5.82 Å². The summed E-state index contributed by atoms with van der Waals surface area (Å²) in [5.41, 5.74) is 1.40. The predicted molar refractivity (Wildman–Crippen MR) is 123 cm³/mol. The minimum absolute atomic E-state index is 0.0116. The number of fused-ring (bicyclic) bond motifs is 1. The van der Waals surface area contributed by atoms with Crippen molar-refractivity contribution in [1.29, 1.82) is 0 Å². The van der Waals surface area contributed by atoms with Gasteiger partial charge in [-0.25, -0.2) is 12.8 Å². The highest BCUT2D eigenvalue weighted by Crippen LogP contribution is 2.38. The molecule has 1 heterocycles. The van der Waals surface area contributed by atoms with Gasteiger partial charge in [0.25, 0.3) is 0 Å². The number of sulfonamides is 1. The summed E-state index contributed by atoms with van der Waals surface area (Å²) in [6.45, 7) is -0.288. The number of rotatable bonds is 7. The van der Waals surface area contributed by atoms with Gasteiger partial charge >= 0.3 is 5.97 Å². The summed E-state index contributed by atoms with van der Waals surface area (Å²) in [5, 5.41) is 13.4. The van der Waals surface area contributed by atoms with Gasteiger partial charge in [-0.2, -0.15) is 9.40 Å². The topological polar surface area (TPSA) is 102 Å². The Hall–Kier alpha value is -2.66. The van der Waals surface area contributed by atoms with Crippen LogP contribution in [-0.2, 0) is 27.8 Å². The minimum atomic E-state index is -3.97. The Morgan fingerprint density at radius 2 is 2.00 bits per heavy atom. The van der Waals surface area contributed by atoms with Crippen molar-refractivity contribution in [2.45, 2.75) is 36.7 Å². The number of nitrogens with zero attached hydrogens (tertiary/aromatic N) is 3.